The fraction of sp³-hybridized carbons (Fsp3) is 0.450. The molecule has 0 fully saturated rings. The second kappa shape index (κ2) is 7.93. The van der Waals surface area contributed by atoms with E-state index in [1.54, 1.807) is 12.1 Å². The minimum absolute atomic E-state index is 0.0716. The van der Waals surface area contributed by atoms with Crippen LogP contribution in [0.25, 0.3) is 0 Å². The van der Waals surface area contributed by atoms with Gasteiger partial charge in [-0.05, 0) is 49.6 Å². The van der Waals surface area contributed by atoms with Crippen LogP contribution in [-0.2, 0) is 4.74 Å². The van der Waals surface area contributed by atoms with E-state index >= 15 is 0 Å². The van der Waals surface area contributed by atoms with Crippen molar-refractivity contribution in [1.29, 1.82) is 0 Å². The second-order valence-electron chi connectivity index (χ2n) is 6.85. The molecule has 0 aromatic heterocycles. The fourth-order valence-corrected chi connectivity index (χ4v) is 3.53. The number of phenols is 1. The van der Waals surface area contributed by atoms with E-state index in [4.69, 9.17) is 9.47 Å². The Hall–Kier alpha value is -2.31. The van der Waals surface area contributed by atoms with E-state index in [1.807, 2.05) is 0 Å². The molecule has 0 saturated carbocycles. The van der Waals surface area contributed by atoms with Gasteiger partial charge in [-0.2, -0.15) is 0 Å². The molecule has 2 heterocycles. The van der Waals surface area contributed by atoms with Gasteiger partial charge in [-0.3, -0.25) is 4.79 Å². The number of carbonyl (C=O) groups is 1. The molecule has 1 N–H and O–H groups in total. The van der Waals surface area contributed by atoms with Gasteiger partial charge < -0.3 is 19.6 Å². The third-order valence-corrected chi connectivity index (χ3v) is 4.72. The number of rotatable bonds is 6. The van der Waals surface area contributed by atoms with Gasteiger partial charge in [0.15, 0.2) is 6.29 Å². The summed E-state index contributed by atoms with van der Waals surface area (Å²) < 4.78 is 11.5. The maximum Gasteiger partial charge on any atom is 0.157 e. The van der Waals surface area contributed by atoms with Crippen molar-refractivity contribution in [3.8, 4) is 11.5 Å². The van der Waals surface area contributed by atoms with Gasteiger partial charge in [-0.25, -0.2) is 5.01 Å². The molecule has 0 amide bonds. The first-order valence-electron chi connectivity index (χ1n) is 8.92. The van der Waals surface area contributed by atoms with Gasteiger partial charge in [-0.1, -0.05) is 6.07 Å². The van der Waals surface area contributed by atoms with Crippen LogP contribution in [0.2, 0.25) is 0 Å². The predicted octanol–water partition coefficient (Wildman–Crippen LogP) is 2.76. The molecule has 0 saturated heterocycles. The molecule has 0 radical (unpaired) electrons. The molecule has 26 heavy (non-hydrogen) atoms. The summed E-state index contributed by atoms with van der Waals surface area (Å²) in [5.41, 5.74) is 3.72. The summed E-state index contributed by atoms with van der Waals surface area (Å²) in [5, 5.41) is 14.3. The number of aldehydes is 1. The number of carbonyl (C=O) groups excluding carboxylic acids is 1. The molecule has 6 nitrogen and oxygen atoms in total. The third-order valence-electron chi connectivity index (χ3n) is 4.72. The lowest BCUT2D eigenvalue weighted by Gasteiger charge is -2.36. The van der Waals surface area contributed by atoms with Gasteiger partial charge in [0, 0.05) is 19.6 Å². The number of aromatic hydroxyl groups is 1. The standard InChI is InChI=1S/C20H26N2O4/c1-14(2)22-18(7-9-21(22)3)16-8-10-25-12-15(16)13-26-20-6-4-5-19(24)17(20)11-23/h4-7,11,14,24H,8-10,12-13H2,1-3H3. The number of phenolic OH excluding ortho intramolecular Hbond substituents is 1. The van der Waals surface area contributed by atoms with Crippen LogP contribution < -0.4 is 4.74 Å². The van der Waals surface area contributed by atoms with E-state index in [0.717, 1.165) is 18.5 Å². The van der Waals surface area contributed by atoms with Gasteiger partial charge in [0.05, 0.1) is 24.5 Å². The molecular weight excluding hydrogens is 332 g/mol. The summed E-state index contributed by atoms with van der Waals surface area (Å²) >= 11 is 0. The highest BCUT2D eigenvalue weighted by molar-refractivity contribution is 5.83. The van der Waals surface area contributed by atoms with Crippen molar-refractivity contribution < 1.29 is 19.4 Å². The van der Waals surface area contributed by atoms with Crippen molar-refractivity contribution >= 4 is 6.29 Å². The van der Waals surface area contributed by atoms with Crippen LogP contribution in [0.5, 0.6) is 11.5 Å². The Morgan fingerprint density at radius 3 is 2.92 bits per heavy atom. The van der Waals surface area contributed by atoms with Crippen LogP contribution >= 0.6 is 0 Å². The Labute approximate surface area is 154 Å². The summed E-state index contributed by atoms with van der Waals surface area (Å²) in [5.74, 6) is 0.313. The van der Waals surface area contributed by atoms with Crippen LogP contribution in [0.15, 0.2) is 41.1 Å². The van der Waals surface area contributed by atoms with Crippen LogP contribution in [0.3, 0.4) is 0 Å². The lowest BCUT2D eigenvalue weighted by Crippen LogP contribution is -2.40. The van der Waals surface area contributed by atoms with Gasteiger partial charge in [0.25, 0.3) is 0 Å². The van der Waals surface area contributed by atoms with Crippen molar-refractivity contribution in [1.82, 2.24) is 10.0 Å². The van der Waals surface area contributed by atoms with Crippen LogP contribution in [-0.4, -0.2) is 60.9 Å². The molecule has 0 aliphatic carbocycles. The molecule has 140 valence electrons. The Bertz CT molecular complexity index is 739. The molecule has 0 unspecified atom stereocenters. The molecule has 0 bridgehead atoms. The van der Waals surface area contributed by atoms with E-state index in [1.165, 1.54) is 17.3 Å². The molecule has 1 aromatic rings. The molecule has 1 aromatic carbocycles. The normalized spacial score (nSPS) is 18.5. The zero-order chi connectivity index (χ0) is 18.7. The molecule has 6 heteroatoms. The third kappa shape index (κ3) is 3.61. The van der Waals surface area contributed by atoms with Crippen molar-refractivity contribution in [2.24, 2.45) is 0 Å². The number of allylic oxidation sites excluding steroid dienone is 1. The van der Waals surface area contributed by atoms with Gasteiger partial charge >= 0.3 is 0 Å². The Balaban J connectivity index is 1.85. The second-order valence-corrected chi connectivity index (χ2v) is 6.85. The first-order chi connectivity index (χ1) is 12.5. The smallest absolute Gasteiger partial charge is 0.157 e. The maximum absolute atomic E-state index is 11.2. The lowest BCUT2D eigenvalue weighted by atomic mass is 10.00. The number of ether oxygens (including phenoxy) is 2. The largest absolute Gasteiger partial charge is 0.507 e. The van der Waals surface area contributed by atoms with Gasteiger partial charge in [0.2, 0.25) is 0 Å². The zero-order valence-electron chi connectivity index (χ0n) is 15.6. The summed E-state index contributed by atoms with van der Waals surface area (Å²) in [4.78, 5) is 11.2. The van der Waals surface area contributed by atoms with Crippen LogP contribution in [0, 0.1) is 0 Å². The minimum Gasteiger partial charge on any atom is -0.507 e. The van der Waals surface area contributed by atoms with E-state index in [-0.39, 0.29) is 11.3 Å². The highest BCUT2D eigenvalue weighted by Crippen LogP contribution is 2.32. The molecule has 2 aliphatic heterocycles. The number of hydrogen-bond acceptors (Lipinski definition) is 6. The van der Waals surface area contributed by atoms with Crippen LogP contribution in [0.1, 0.15) is 30.6 Å². The number of likely N-dealkylation sites (N-methyl/N-ethyl adjacent to an activating group) is 1. The number of nitrogens with zero attached hydrogens (tertiary/aromatic N) is 2. The summed E-state index contributed by atoms with van der Waals surface area (Å²) in [7, 11) is 2.09. The van der Waals surface area contributed by atoms with E-state index in [2.05, 4.69) is 37.0 Å². The average Bonchev–Trinajstić information content (AvgIpc) is 3.02. The highest BCUT2D eigenvalue weighted by Gasteiger charge is 2.28. The van der Waals surface area contributed by atoms with Crippen molar-refractivity contribution in [2.75, 3.05) is 33.4 Å². The molecule has 0 atom stereocenters. The van der Waals surface area contributed by atoms with Gasteiger partial charge in [0.1, 0.15) is 18.1 Å². The van der Waals surface area contributed by atoms with E-state index < -0.39 is 0 Å². The summed E-state index contributed by atoms with van der Waals surface area (Å²) in [6.45, 7) is 6.76. The quantitative estimate of drug-likeness (QED) is 0.789. The lowest BCUT2D eigenvalue weighted by molar-refractivity contribution is 0.0384. The topological polar surface area (TPSA) is 62.2 Å². The van der Waals surface area contributed by atoms with Crippen molar-refractivity contribution in [2.45, 2.75) is 26.3 Å². The zero-order valence-corrected chi connectivity index (χ0v) is 15.6. The molecule has 0 spiro atoms. The first kappa shape index (κ1) is 18.5. The predicted molar refractivity (Wildman–Crippen MR) is 99.1 cm³/mol. The summed E-state index contributed by atoms with van der Waals surface area (Å²) in [6.07, 6.45) is 3.69. The van der Waals surface area contributed by atoms with E-state index in [9.17, 15) is 9.90 Å². The number of hydrazine groups is 1. The minimum atomic E-state index is -0.0716. The molecular formula is C20H26N2O4. The number of benzene rings is 1. The number of hydrogen-bond donors (Lipinski definition) is 1. The van der Waals surface area contributed by atoms with E-state index in [0.29, 0.717) is 37.9 Å². The highest BCUT2D eigenvalue weighted by atomic mass is 16.5. The van der Waals surface area contributed by atoms with Gasteiger partial charge in [-0.15, -0.1) is 0 Å². The Morgan fingerprint density at radius 1 is 1.38 bits per heavy atom. The molecule has 2 aliphatic rings. The van der Waals surface area contributed by atoms with Crippen LogP contribution in [0.4, 0.5) is 0 Å². The summed E-state index contributed by atoms with van der Waals surface area (Å²) in [6, 6.07) is 5.19. The van der Waals surface area contributed by atoms with Crippen molar-refractivity contribution in [3.05, 3.63) is 46.7 Å². The molecule has 3 rings (SSSR count). The first-order valence-corrected chi connectivity index (χ1v) is 8.92. The maximum atomic E-state index is 11.2. The average molecular weight is 358 g/mol. The fourth-order valence-electron chi connectivity index (χ4n) is 3.53. The Morgan fingerprint density at radius 2 is 2.19 bits per heavy atom. The monoisotopic (exact) mass is 358 g/mol. The SMILES string of the molecule is CC(C)N1C(C2=C(COc3cccc(O)c3C=O)COCC2)=CCN1C. The van der Waals surface area contributed by atoms with Crippen molar-refractivity contribution in [3.63, 3.8) is 0 Å². The Kier molecular flexibility index (Phi) is 5.64.